The van der Waals surface area contributed by atoms with Crippen LogP contribution >= 0.6 is 0 Å². The van der Waals surface area contributed by atoms with Gasteiger partial charge < -0.3 is 9.90 Å². The van der Waals surface area contributed by atoms with Gasteiger partial charge in [-0.15, -0.1) is 0 Å². The molecule has 2 atom stereocenters. The van der Waals surface area contributed by atoms with Crippen molar-refractivity contribution in [3.8, 4) is 0 Å². The van der Waals surface area contributed by atoms with Crippen LogP contribution in [-0.4, -0.2) is 18.0 Å². The van der Waals surface area contributed by atoms with Gasteiger partial charge in [0.2, 0.25) is 0 Å². The van der Waals surface area contributed by atoms with Crippen LogP contribution in [0.1, 0.15) is 6.92 Å². The maximum atomic E-state index is 10.7. The Hall–Kier alpha value is -0.890. The summed E-state index contributed by atoms with van der Waals surface area (Å²) in [7, 11) is 0. The van der Waals surface area contributed by atoms with Gasteiger partial charge in [-0.3, -0.25) is 0 Å². The fraction of sp³-hybridized carbons (Fsp3) is 0.444. The minimum absolute atomic E-state index is 0.0926. The SMILES string of the molecule is CC1C=CC=CC1(C=O)CO. The van der Waals surface area contributed by atoms with Crippen molar-refractivity contribution < 1.29 is 9.90 Å². The molecule has 0 radical (unpaired) electrons. The summed E-state index contributed by atoms with van der Waals surface area (Å²) in [5, 5.41) is 9.00. The topological polar surface area (TPSA) is 37.3 Å². The van der Waals surface area contributed by atoms with Crippen LogP contribution in [0.4, 0.5) is 0 Å². The Morgan fingerprint density at radius 1 is 1.64 bits per heavy atom. The minimum Gasteiger partial charge on any atom is -0.395 e. The van der Waals surface area contributed by atoms with Crippen LogP contribution in [0.5, 0.6) is 0 Å². The summed E-state index contributed by atoms with van der Waals surface area (Å²) in [6.07, 6.45) is 8.18. The van der Waals surface area contributed by atoms with Crippen LogP contribution in [0.25, 0.3) is 0 Å². The van der Waals surface area contributed by atoms with E-state index >= 15 is 0 Å². The van der Waals surface area contributed by atoms with Crippen molar-refractivity contribution in [2.24, 2.45) is 11.3 Å². The fourth-order valence-corrected chi connectivity index (χ4v) is 1.18. The smallest absolute Gasteiger partial charge is 0.132 e. The zero-order valence-corrected chi connectivity index (χ0v) is 6.53. The Balaban J connectivity index is 2.91. The summed E-state index contributed by atoms with van der Waals surface area (Å²) >= 11 is 0. The second kappa shape index (κ2) is 3.01. The molecule has 1 rings (SSSR count). The molecule has 0 spiro atoms. The first-order valence-corrected chi connectivity index (χ1v) is 3.68. The fourth-order valence-electron chi connectivity index (χ4n) is 1.18. The first-order valence-electron chi connectivity index (χ1n) is 3.68. The van der Waals surface area contributed by atoms with Crippen molar-refractivity contribution >= 4 is 6.29 Å². The minimum atomic E-state index is -0.672. The van der Waals surface area contributed by atoms with E-state index in [0.29, 0.717) is 0 Å². The van der Waals surface area contributed by atoms with Gasteiger partial charge in [-0.05, 0) is 5.92 Å². The third-order valence-corrected chi connectivity index (χ3v) is 2.26. The molecular formula is C9H12O2. The summed E-state index contributed by atoms with van der Waals surface area (Å²) in [6, 6.07) is 0. The second-order valence-corrected chi connectivity index (χ2v) is 2.92. The molecule has 11 heavy (non-hydrogen) atoms. The summed E-state index contributed by atoms with van der Waals surface area (Å²) in [4.78, 5) is 10.7. The quantitative estimate of drug-likeness (QED) is 0.597. The lowest BCUT2D eigenvalue weighted by molar-refractivity contribution is -0.117. The van der Waals surface area contributed by atoms with Crippen molar-refractivity contribution in [2.75, 3.05) is 6.61 Å². The number of allylic oxidation sites excluding steroid dienone is 3. The molecule has 2 nitrogen and oxygen atoms in total. The molecule has 0 aromatic heterocycles. The molecule has 0 heterocycles. The maximum Gasteiger partial charge on any atom is 0.132 e. The second-order valence-electron chi connectivity index (χ2n) is 2.92. The van der Waals surface area contributed by atoms with Gasteiger partial charge in [-0.1, -0.05) is 31.2 Å². The highest BCUT2D eigenvalue weighted by atomic mass is 16.3. The van der Waals surface area contributed by atoms with Gasteiger partial charge in [0.15, 0.2) is 0 Å². The molecule has 0 amide bonds. The van der Waals surface area contributed by atoms with E-state index in [0.717, 1.165) is 6.29 Å². The molecule has 0 fully saturated rings. The number of aliphatic hydroxyl groups is 1. The number of carbonyl (C=O) groups excluding carboxylic acids is 1. The highest BCUT2D eigenvalue weighted by molar-refractivity contribution is 5.65. The Bertz CT molecular complexity index is 206. The van der Waals surface area contributed by atoms with Crippen LogP contribution in [-0.2, 0) is 4.79 Å². The van der Waals surface area contributed by atoms with Gasteiger partial charge in [-0.2, -0.15) is 0 Å². The molecule has 1 N–H and O–H groups in total. The summed E-state index contributed by atoms with van der Waals surface area (Å²) < 4.78 is 0. The Morgan fingerprint density at radius 2 is 2.36 bits per heavy atom. The van der Waals surface area contributed by atoms with Gasteiger partial charge in [0.05, 0.1) is 12.0 Å². The highest BCUT2D eigenvalue weighted by Crippen LogP contribution is 2.30. The highest BCUT2D eigenvalue weighted by Gasteiger charge is 2.32. The van der Waals surface area contributed by atoms with Gasteiger partial charge >= 0.3 is 0 Å². The van der Waals surface area contributed by atoms with E-state index in [1.165, 1.54) is 0 Å². The molecule has 1 aliphatic carbocycles. The standard InChI is InChI=1S/C9H12O2/c1-8-4-2-3-5-9(8,6-10)7-11/h2-6,8,11H,7H2,1H3. The predicted molar refractivity (Wildman–Crippen MR) is 43.0 cm³/mol. The number of hydrogen-bond donors (Lipinski definition) is 1. The molecule has 60 valence electrons. The first-order chi connectivity index (χ1) is 5.25. The van der Waals surface area contributed by atoms with Crippen LogP contribution in [0.15, 0.2) is 24.3 Å². The molecule has 2 heteroatoms. The summed E-state index contributed by atoms with van der Waals surface area (Å²) in [6.45, 7) is 1.81. The maximum absolute atomic E-state index is 10.7. The summed E-state index contributed by atoms with van der Waals surface area (Å²) in [5.41, 5.74) is -0.672. The van der Waals surface area contributed by atoms with Crippen LogP contribution in [0.3, 0.4) is 0 Å². The lowest BCUT2D eigenvalue weighted by Gasteiger charge is -2.28. The molecule has 1 aliphatic rings. The lowest BCUT2D eigenvalue weighted by Crippen LogP contribution is -2.32. The average molecular weight is 152 g/mol. The van der Waals surface area contributed by atoms with Gasteiger partial charge in [0.1, 0.15) is 6.29 Å². The van der Waals surface area contributed by atoms with E-state index in [4.69, 9.17) is 5.11 Å². The third-order valence-electron chi connectivity index (χ3n) is 2.26. The zero-order valence-electron chi connectivity index (χ0n) is 6.53. The Kier molecular flexibility index (Phi) is 2.25. The first kappa shape index (κ1) is 8.21. The number of hydrogen-bond acceptors (Lipinski definition) is 2. The molecule has 0 bridgehead atoms. The van der Waals surface area contributed by atoms with Crippen molar-refractivity contribution in [2.45, 2.75) is 6.92 Å². The summed E-state index contributed by atoms with van der Waals surface area (Å²) in [5.74, 6) is 0.0926. The molecular weight excluding hydrogens is 140 g/mol. The van der Waals surface area contributed by atoms with E-state index in [1.807, 2.05) is 19.1 Å². The van der Waals surface area contributed by atoms with E-state index < -0.39 is 5.41 Å². The molecule has 0 saturated carbocycles. The van der Waals surface area contributed by atoms with Crippen molar-refractivity contribution in [1.82, 2.24) is 0 Å². The van der Waals surface area contributed by atoms with Gasteiger partial charge in [-0.25, -0.2) is 0 Å². The van der Waals surface area contributed by atoms with Gasteiger partial charge in [0.25, 0.3) is 0 Å². The van der Waals surface area contributed by atoms with Crippen LogP contribution in [0.2, 0.25) is 0 Å². The molecule has 2 unspecified atom stereocenters. The van der Waals surface area contributed by atoms with Crippen molar-refractivity contribution in [3.63, 3.8) is 0 Å². The number of aldehydes is 1. The zero-order chi connectivity index (χ0) is 8.32. The predicted octanol–water partition coefficient (Wildman–Crippen LogP) is 0.926. The number of rotatable bonds is 2. The van der Waals surface area contributed by atoms with Crippen LogP contribution in [0, 0.1) is 11.3 Å². The molecule has 0 aromatic carbocycles. The van der Waals surface area contributed by atoms with Gasteiger partial charge in [0, 0.05) is 0 Å². The third kappa shape index (κ3) is 1.26. The lowest BCUT2D eigenvalue weighted by atomic mass is 9.76. The van der Waals surface area contributed by atoms with Crippen LogP contribution < -0.4 is 0 Å². The van der Waals surface area contributed by atoms with E-state index in [9.17, 15) is 4.79 Å². The average Bonchev–Trinajstić information content (AvgIpc) is 2.06. The Morgan fingerprint density at radius 3 is 2.73 bits per heavy atom. The van der Waals surface area contributed by atoms with Crippen molar-refractivity contribution in [1.29, 1.82) is 0 Å². The van der Waals surface area contributed by atoms with E-state index in [1.54, 1.807) is 12.2 Å². The monoisotopic (exact) mass is 152 g/mol. The molecule has 0 aromatic rings. The molecule has 0 saturated heterocycles. The number of aliphatic hydroxyl groups excluding tert-OH is 1. The van der Waals surface area contributed by atoms with E-state index in [-0.39, 0.29) is 12.5 Å². The normalized spacial score (nSPS) is 35.6. The van der Waals surface area contributed by atoms with E-state index in [2.05, 4.69) is 0 Å². The Labute approximate surface area is 66.2 Å². The largest absolute Gasteiger partial charge is 0.395 e. The van der Waals surface area contributed by atoms with Crippen molar-refractivity contribution in [3.05, 3.63) is 24.3 Å². The molecule has 0 aliphatic heterocycles. The number of carbonyl (C=O) groups is 1.